The van der Waals surface area contributed by atoms with Crippen LogP contribution in [0.3, 0.4) is 0 Å². The van der Waals surface area contributed by atoms with Crippen molar-refractivity contribution in [1.82, 2.24) is 5.32 Å². The van der Waals surface area contributed by atoms with E-state index in [-0.39, 0.29) is 12.4 Å². The number of nitrogens with one attached hydrogen (secondary N) is 1. The lowest BCUT2D eigenvalue weighted by molar-refractivity contribution is -0.115. The number of carbonyl (C=O) groups is 2. The first-order valence-electron chi connectivity index (χ1n) is 7.16. The molecule has 0 aliphatic carbocycles. The van der Waals surface area contributed by atoms with Gasteiger partial charge in [-0.25, -0.2) is 14.1 Å². The van der Waals surface area contributed by atoms with Crippen LogP contribution in [0.4, 0.5) is 20.6 Å². The van der Waals surface area contributed by atoms with Gasteiger partial charge in [0.15, 0.2) is 0 Å². The van der Waals surface area contributed by atoms with E-state index in [2.05, 4.69) is 5.32 Å². The fourth-order valence-corrected chi connectivity index (χ4v) is 2.19. The van der Waals surface area contributed by atoms with Gasteiger partial charge in [-0.05, 0) is 42.3 Å². The molecule has 0 heterocycles. The van der Waals surface area contributed by atoms with Crippen LogP contribution in [0, 0.1) is 5.82 Å². The van der Waals surface area contributed by atoms with Gasteiger partial charge in [-0.15, -0.1) is 0 Å². The van der Waals surface area contributed by atoms with E-state index in [1.807, 2.05) is 0 Å². The van der Waals surface area contributed by atoms with Gasteiger partial charge < -0.3 is 11.1 Å². The minimum Gasteiger partial charge on any atom is -0.399 e. The number of imide groups is 1. The molecule has 0 bridgehead atoms. The number of nitrogen functional groups attached to an aromatic ring is 1. The molecule has 3 amide bonds. The number of halogens is 1. The quantitative estimate of drug-likeness (QED) is 0.852. The SMILES string of the molecule is CC(=O)N(C(=O)NCCc1cccc(F)c1)c1cccc(N)c1. The average molecular weight is 315 g/mol. The summed E-state index contributed by atoms with van der Waals surface area (Å²) < 4.78 is 13.1. The number of urea groups is 1. The summed E-state index contributed by atoms with van der Waals surface area (Å²) in [7, 11) is 0. The highest BCUT2D eigenvalue weighted by Gasteiger charge is 2.19. The lowest BCUT2D eigenvalue weighted by atomic mass is 10.1. The van der Waals surface area contributed by atoms with E-state index >= 15 is 0 Å². The second-order valence-electron chi connectivity index (χ2n) is 5.06. The van der Waals surface area contributed by atoms with Gasteiger partial charge in [0.05, 0.1) is 5.69 Å². The second kappa shape index (κ2) is 7.40. The predicted molar refractivity (Wildman–Crippen MR) is 87.5 cm³/mol. The van der Waals surface area contributed by atoms with Gasteiger partial charge in [0, 0.05) is 19.2 Å². The molecule has 6 heteroatoms. The lowest BCUT2D eigenvalue weighted by Gasteiger charge is -2.20. The topological polar surface area (TPSA) is 75.4 Å². The molecule has 0 saturated heterocycles. The molecule has 3 N–H and O–H groups in total. The van der Waals surface area contributed by atoms with E-state index in [1.165, 1.54) is 19.1 Å². The Morgan fingerprint density at radius 1 is 1.17 bits per heavy atom. The zero-order valence-electron chi connectivity index (χ0n) is 12.8. The zero-order valence-corrected chi connectivity index (χ0v) is 12.8. The third-order valence-electron chi connectivity index (χ3n) is 3.23. The zero-order chi connectivity index (χ0) is 16.8. The molecule has 120 valence electrons. The number of nitrogens with zero attached hydrogens (tertiary/aromatic N) is 1. The lowest BCUT2D eigenvalue weighted by Crippen LogP contribution is -2.43. The summed E-state index contributed by atoms with van der Waals surface area (Å²) in [4.78, 5) is 25.0. The molecule has 0 radical (unpaired) electrons. The second-order valence-corrected chi connectivity index (χ2v) is 5.06. The van der Waals surface area contributed by atoms with Crippen molar-refractivity contribution >= 4 is 23.3 Å². The van der Waals surface area contributed by atoms with E-state index in [1.54, 1.807) is 36.4 Å². The van der Waals surface area contributed by atoms with Crippen LogP contribution in [0.5, 0.6) is 0 Å². The van der Waals surface area contributed by atoms with Crippen molar-refractivity contribution in [3.63, 3.8) is 0 Å². The molecule has 2 aromatic rings. The van der Waals surface area contributed by atoms with Crippen LogP contribution in [-0.2, 0) is 11.2 Å². The summed E-state index contributed by atoms with van der Waals surface area (Å²) in [5, 5.41) is 2.65. The minimum absolute atomic E-state index is 0.286. The standard InChI is InChI=1S/C17H18FN3O2/c1-12(22)21(16-7-3-6-15(19)11-16)17(23)20-9-8-13-4-2-5-14(18)10-13/h2-7,10-11H,8-9,19H2,1H3,(H,20,23). The van der Waals surface area contributed by atoms with Crippen LogP contribution in [0.1, 0.15) is 12.5 Å². The molecule has 2 rings (SSSR count). The normalized spacial score (nSPS) is 10.2. The smallest absolute Gasteiger partial charge is 0.328 e. The Balaban J connectivity index is 2.00. The fraction of sp³-hybridized carbons (Fsp3) is 0.176. The van der Waals surface area contributed by atoms with E-state index in [0.29, 0.717) is 17.8 Å². The van der Waals surface area contributed by atoms with Crippen molar-refractivity contribution < 1.29 is 14.0 Å². The van der Waals surface area contributed by atoms with E-state index < -0.39 is 11.9 Å². The molecule has 0 fully saturated rings. The largest absolute Gasteiger partial charge is 0.399 e. The van der Waals surface area contributed by atoms with E-state index in [9.17, 15) is 14.0 Å². The molecule has 0 aliphatic heterocycles. The number of rotatable bonds is 4. The number of nitrogens with two attached hydrogens (primary N) is 1. The maximum atomic E-state index is 13.1. The highest BCUT2D eigenvalue weighted by atomic mass is 19.1. The first-order chi connectivity index (χ1) is 11.0. The number of anilines is 2. The summed E-state index contributed by atoms with van der Waals surface area (Å²) in [6, 6.07) is 12.1. The number of amides is 3. The van der Waals surface area contributed by atoms with Gasteiger partial charge >= 0.3 is 6.03 Å². The van der Waals surface area contributed by atoms with Crippen LogP contribution in [-0.4, -0.2) is 18.5 Å². The van der Waals surface area contributed by atoms with E-state index in [4.69, 9.17) is 5.73 Å². The van der Waals surface area contributed by atoms with Crippen molar-refractivity contribution in [1.29, 1.82) is 0 Å². The molecule has 0 atom stereocenters. The molecule has 23 heavy (non-hydrogen) atoms. The Labute approximate surface area is 133 Å². The molecule has 5 nitrogen and oxygen atoms in total. The number of hydrogen-bond donors (Lipinski definition) is 2. The van der Waals surface area contributed by atoms with E-state index in [0.717, 1.165) is 10.5 Å². The summed E-state index contributed by atoms with van der Waals surface area (Å²) >= 11 is 0. The number of benzene rings is 2. The van der Waals surface area contributed by atoms with Crippen molar-refractivity contribution in [2.75, 3.05) is 17.2 Å². The van der Waals surface area contributed by atoms with Gasteiger partial charge in [0.25, 0.3) is 0 Å². The van der Waals surface area contributed by atoms with Gasteiger partial charge in [-0.3, -0.25) is 4.79 Å². The van der Waals surface area contributed by atoms with Crippen molar-refractivity contribution in [3.8, 4) is 0 Å². The van der Waals surface area contributed by atoms with Gasteiger partial charge in [0.1, 0.15) is 5.82 Å². The Kier molecular flexibility index (Phi) is 5.30. The van der Waals surface area contributed by atoms with Crippen LogP contribution in [0.15, 0.2) is 48.5 Å². The maximum absolute atomic E-state index is 13.1. The van der Waals surface area contributed by atoms with Gasteiger partial charge in [-0.2, -0.15) is 0 Å². The molecule has 0 spiro atoms. The van der Waals surface area contributed by atoms with Crippen molar-refractivity contribution in [2.24, 2.45) is 0 Å². The first kappa shape index (κ1) is 16.5. The van der Waals surface area contributed by atoms with Crippen LogP contribution in [0.2, 0.25) is 0 Å². The van der Waals surface area contributed by atoms with Gasteiger partial charge in [0.2, 0.25) is 5.91 Å². The number of carbonyl (C=O) groups excluding carboxylic acids is 2. The summed E-state index contributed by atoms with van der Waals surface area (Å²) in [5.41, 5.74) is 7.31. The highest BCUT2D eigenvalue weighted by molar-refractivity contribution is 6.13. The van der Waals surface area contributed by atoms with Gasteiger partial charge in [-0.1, -0.05) is 18.2 Å². The fourth-order valence-electron chi connectivity index (χ4n) is 2.19. The Morgan fingerprint density at radius 2 is 1.91 bits per heavy atom. The first-order valence-corrected chi connectivity index (χ1v) is 7.16. The Morgan fingerprint density at radius 3 is 2.57 bits per heavy atom. The van der Waals surface area contributed by atoms with Crippen LogP contribution < -0.4 is 16.0 Å². The van der Waals surface area contributed by atoms with Crippen molar-refractivity contribution in [2.45, 2.75) is 13.3 Å². The monoisotopic (exact) mass is 315 g/mol. The predicted octanol–water partition coefficient (Wildman–Crippen LogP) is 2.71. The molecule has 0 saturated carbocycles. The molecule has 0 aromatic heterocycles. The highest BCUT2D eigenvalue weighted by Crippen LogP contribution is 2.18. The summed E-state index contributed by atoms with van der Waals surface area (Å²) in [6.07, 6.45) is 0.464. The summed E-state index contributed by atoms with van der Waals surface area (Å²) in [6.45, 7) is 1.59. The third kappa shape index (κ3) is 4.54. The average Bonchev–Trinajstić information content (AvgIpc) is 2.47. The Bertz CT molecular complexity index is 718. The number of hydrogen-bond acceptors (Lipinski definition) is 3. The minimum atomic E-state index is -0.542. The van der Waals surface area contributed by atoms with Crippen LogP contribution >= 0.6 is 0 Å². The van der Waals surface area contributed by atoms with Crippen LogP contribution in [0.25, 0.3) is 0 Å². The molecular formula is C17H18FN3O2. The Hall–Kier alpha value is -2.89. The summed E-state index contributed by atoms with van der Waals surface area (Å²) in [5.74, 6) is -0.738. The molecule has 2 aromatic carbocycles. The third-order valence-corrected chi connectivity index (χ3v) is 3.23. The van der Waals surface area contributed by atoms with Crippen molar-refractivity contribution in [3.05, 3.63) is 59.9 Å². The molecule has 0 unspecified atom stereocenters. The molecular weight excluding hydrogens is 297 g/mol. The maximum Gasteiger partial charge on any atom is 0.328 e. The molecule has 0 aliphatic rings.